The lowest BCUT2D eigenvalue weighted by Gasteiger charge is -2.24. The third kappa shape index (κ3) is 1.99. The van der Waals surface area contributed by atoms with Gasteiger partial charge in [0.25, 0.3) is 0 Å². The van der Waals surface area contributed by atoms with Crippen LogP contribution in [0.3, 0.4) is 0 Å². The van der Waals surface area contributed by atoms with Crippen LogP contribution in [0.15, 0.2) is 47.7 Å². The molecule has 76 valence electrons. The molecule has 1 atom stereocenters. The first-order valence-corrected chi connectivity index (χ1v) is 4.74. The minimum atomic E-state index is -1.53. The van der Waals surface area contributed by atoms with E-state index in [2.05, 4.69) is 5.10 Å². The van der Waals surface area contributed by atoms with Crippen LogP contribution >= 0.6 is 0 Å². The van der Waals surface area contributed by atoms with Crippen LogP contribution < -0.4 is 0 Å². The van der Waals surface area contributed by atoms with Gasteiger partial charge in [-0.25, -0.2) is 0 Å². The van der Waals surface area contributed by atoms with Crippen LogP contribution in [-0.2, 0) is 6.54 Å². The minimum Gasteiger partial charge on any atom is -0.368 e. The Kier molecular flexibility index (Phi) is 2.68. The second-order valence-electron chi connectivity index (χ2n) is 3.48. The van der Waals surface area contributed by atoms with E-state index in [9.17, 15) is 10.0 Å². The highest BCUT2D eigenvalue weighted by Gasteiger charge is 2.44. The van der Waals surface area contributed by atoms with Crippen LogP contribution in [-0.4, -0.2) is 28.0 Å². The van der Waals surface area contributed by atoms with Gasteiger partial charge in [-0.3, -0.25) is 0 Å². The normalized spacial score (nSPS) is 23.3. The van der Waals surface area contributed by atoms with Crippen LogP contribution in [0.4, 0.5) is 0 Å². The lowest BCUT2D eigenvalue weighted by molar-refractivity contribution is -0.807. The summed E-state index contributed by atoms with van der Waals surface area (Å²) in [5, 5.41) is 22.7. The lowest BCUT2D eigenvalue weighted by atomic mass is 10.0. The number of allylic oxidation sites excluding steroid dienone is 1. The smallest absolute Gasteiger partial charge is 0.368 e. The van der Waals surface area contributed by atoms with E-state index in [0.29, 0.717) is 6.54 Å². The summed E-state index contributed by atoms with van der Waals surface area (Å²) >= 11 is 0. The van der Waals surface area contributed by atoms with E-state index in [1.165, 1.54) is 0 Å². The third-order valence-electron chi connectivity index (χ3n) is 2.39. The molecule has 1 aliphatic rings. The molecule has 0 aromatic heterocycles. The second kappa shape index (κ2) is 3.98. The topological polar surface area (TPSA) is 52.8 Å². The van der Waals surface area contributed by atoms with Crippen LogP contribution in [0.1, 0.15) is 5.56 Å². The molecule has 1 unspecified atom stereocenters. The van der Waals surface area contributed by atoms with E-state index in [4.69, 9.17) is 0 Å². The van der Waals surface area contributed by atoms with E-state index in [0.717, 1.165) is 5.56 Å². The number of hydrogen-bond acceptors (Lipinski definition) is 3. The zero-order chi connectivity index (χ0) is 10.7. The van der Waals surface area contributed by atoms with Crippen LogP contribution in [0.25, 0.3) is 0 Å². The van der Waals surface area contributed by atoms with Gasteiger partial charge in [0, 0.05) is 11.6 Å². The van der Waals surface area contributed by atoms with Gasteiger partial charge in [0.1, 0.15) is 12.7 Å². The summed E-state index contributed by atoms with van der Waals surface area (Å²) in [7, 11) is -1.53. The summed E-state index contributed by atoms with van der Waals surface area (Å²) in [6.45, 7) is 0.436. The minimum absolute atomic E-state index is 0.204. The molecular formula is C10H12BN2O2+. The van der Waals surface area contributed by atoms with Gasteiger partial charge in [-0.1, -0.05) is 30.3 Å². The summed E-state index contributed by atoms with van der Waals surface area (Å²) in [5.41, 5.74) is 1.01. The second-order valence-corrected chi connectivity index (χ2v) is 3.48. The van der Waals surface area contributed by atoms with Gasteiger partial charge >= 0.3 is 7.25 Å². The molecule has 1 heterocycles. The SMILES string of the molecule is OB(O)[N+]1(Cc2ccccc2)C=CC=N1. The molecule has 2 N–H and O–H groups in total. The molecule has 0 saturated heterocycles. The Morgan fingerprint density at radius 1 is 1.20 bits per heavy atom. The van der Waals surface area contributed by atoms with Crippen molar-refractivity contribution in [3.05, 3.63) is 48.2 Å². The van der Waals surface area contributed by atoms with Gasteiger partial charge in [0.05, 0.1) is 6.21 Å². The van der Waals surface area contributed by atoms with Crippen molar-refractivity contribution in [3.63, 3.8) is 0 Å². The molecule has 5 heteroatoms. The maximum atomic E-state index is 9.33. The van der Waals surface area contributed by atoms with Gasteiger partial charge in [-0.2, -0.15) is 4.50 Å². The molecule has 0 aliphatic carbocycles. The highest BCUT2D eigenvalue weighted by atomic mass is 16.4. The number of quaternary nitrogens is 1. The Morgan fingerprint density at radius 3 is 2.47 bits per heavy atom. The summed E-state index contributed by atoms with van der Waals surface area (Å²) in [4.78, 5) is 0. The first-order chi connectivity index (χ1) is 7.23. The van der Waals surface area contributed by atoms with Crippen molar-refractivity contribution in [1.29, 1.82) is 0 Å². The van der Waals surface area contributed by atoms with E-state index in [1.54, 1.807) is 18.5 Å². The lowest BCUT2D eigenvalue weighted by Crippen LogP contribution is -2.49. The largest absolute Gasteiger partial charge is 0.787 e. The zero-order valence-corrected chi connectivity index (χ0v) is 8.19. The molecule has 0 bridgehead atoms. The molecule has 15 heavy (non-hydrogen) atoms. The first kappa shape index (κ1) is 10.1. The summed E-state index contributed by atoms with van der Waals surface area (Å²) in [6, 6.07) is 9.62. The predicted octanol–water partition coefficient (Wildman–Crippen LogP) is 0.486. The maximum absolute atomic E-state index is 9.33. The highest BCUT2D eigenvalue weighted by molar-refractivity contribution is 6.32. The molecule has 0 fully saturated rings. The standard InChI is InChI=1S/C10H12BN2O2/c14-11(15)13(8-4-7-12-13)9-10-5-2-1-3-6-10/h1-8,14-15H,9H2/q+1. The van der Waals surface area contributed by atoms with E-state index in [1.807, 2.05) is 30.3 Å². The molecule has 0 amide bonds. The van der Waals surface area contributed by atoms with E-state index < -0.39 is 7.25 Å². The molecule has 0 spiro atoms. The third-order valence-corrected chi connectivity index (χ3v) is 2.39. The van der Waals surface area contributed by atoms with Gasteiger partial charge in [0.2, 0.25) is 0 Å². The average Bonchev–Trinajstić information content (AvgIpc) is 2.69. The molecule has 1 aromatic rings. The summed E-state index contributed by atoms with van der Waals surface area (Å²) in [5.74, 6) is 0. The van der Waals surface area contributed by atoms with Crippen molar-refractivity contribution in [2.24, 2.45) is 5.10 Å². The quantitative estimate of drug-likeness (QED) is 0.702. The molecule has 1 aromatic carbocycles. The average molecular weight is 203 g/mol. The molecule has 0 radical (unpaired) electrons. The van der Waals surface area contributed by atoms with Crippen molar-refractivity contribution < 1.29 is 14.6 Å². The monoisotopic (exact) mass is 203 g/mol. The fraction of sp³-hybridized carbons (Fsp3) is 0.100. The Morgan fingerprint density at radius 2 is 1.93 bits per heavy atom. The molecule has 1 aliphatic heterocycles. The van der Waals surface area contributed by atoms with Crippen LogP contribution in [0.2, 0.25) is 0 Å². The van der Waals surface area contributed by atoms with Crippen molar-refractivity contribution in [2.45, 2.75) is 6.54 Å². The van der Waals surface area contributed by atoms with Crippen molar-refractivity contribution in [3.8, 4) is 0 Å². The predicted molar refractivity (Wildman–Crippen MR) is 58.2 cm³/mol. The van der Waals surface area contributed by atoms with Gasteiger partial charge in [0.15, 0.2) is 0 Å². The summed E-state index contributed by atoms with van der Waals surface area (Å²) < 4.78 is -0.204. The van der Waals surface area contributed by atoms with Crippen LogP contribution in [0, 0.1) is 0 Å². The van der Waals surface area contributed by atoms with Gasteiger partial charge in [-0.15, -0.1) is 5.10 Å². The first-order valence-electron chi connectivity index (χ1n) is 4.74. The molecular weight excluding hydrogens is 191 g/mol. The Balaban J connectivity index is 2.23. The number of benzene rings is 1. The zero-order valence-electron chi connectivity index (χ0n) is 8.19. The Labute approximate surface area is 88.5 Å². The van der Waals surface area contributed by atoms with Gasteiger partial charge < -0.3 is 10.0 Å². The van der Waals surface area contributed by atoms with E-state index >= 15 is 0 Å². The summed E-state index contributed by atoms with van der Waals surface area (Å²) in [6.07, 6.45) is 4.95. The maximum Gasteiger partial charge on any atom is 0.787 e. The van der Waals surface area contributed by atoms with E-state index in [-0.39, 0.29) is 4.50 Å². The fourth-order valence-corrected chi connectivity index (χ4v) is 1.58. The number of hydrogen-bond donors (Lipinski definition) is 2. The number of rotatable bonds is 3. The van der Waals surface area contributed by atoms with Crippen molar-refractivity contribution in [1.82, 2.24) is 0 Å². The highest BCUT2D eigenvalue weighted by Crippen LogP contribution is 2.19. The number of nitrogens with zero attached hydrogens (tertiary/aromatic N) is 2. The van der Waals surface area contributed by atoms with Crippen molar-refractivity contribution >= 4 is 13.5 Å². The fourth-order valence-electron chi connectivity index (χ4n) is 1.58. The van der Waals surface area contributed by atoms with Crippen LogP contribution in [0.5, 0.6) is 0 Å². The van der Waals surface area contributed by atoms with Gasteiger partial charge in [-0.05, 0) is 0 Å². The molecule has 4 nitrogen and oxygen atoms in total. The van der Waals surface area contributed by atoms with Crippen molar-refractivity contribution in [2.75, 3.05) is 0 Å². The Hall–Kier alpha value is -1.43. The molecule has 2 rings (SSSR count). The molecule has 0 saturated carbocycles. The Bertz CT molecular complexity index is 378.